The topological polar surface area (TPSA) is 116 Å². The number of tetrazole rings is 1. The minimum atomic E-state index is -0.305. The van der Waals surface area contributed by atoms with Gasteiger partial charge in [0.2, 0.25) is 11.7 Å². The Balaban J connectivity index is 1.08. The normalized spacial score (nSPS) is 18.2. The number of amides is 1. The number of benzene rings is 3. The summed E-state index contributed by atoms with van der Waals surface area (Å²) in [7, 11) is 4.65. The Bertz CT molecular complexity index is 2000. The van der Waals surface area contributed by atoms with Crippen molar-refractivity contribution in [3.8, 4) is 17.2 Å². The van der Waals surface area contributed by atoms with Gasteiger partial charge in [-0.05, 0) is 84.7 Å². The largest absolute Gasteiger partial charge is 0.493 e. The molecule has 1 atom stereocenters. The van der Waals surface area contributed by atoms with Crippen LogP contribution in [0.15, 0.2) is 60.9 Å². The molecule has 3 aromatic carbocycles. The van der Waals surface area contributed by atoms with Crippen molar-refractivity contribution in [1.82, 2.24) is 39.6 Å². The Morgan fingerprint density at radius 3 is 2.40 bits per heavy atom. The lowest BCUT2D eigenvalue weighted by Gasteiger charge is -2.33. The van der Waals surface area contributed by atoms with Crippen LogP contribution in [0.25, 0.3) is 11.0 Å². The number of carbonyl (C=O) groups excluding carboxylic acids is 1. The molecule has 52 heavy (non-hydrogen) atoms. The summed E-state index contributed by atoms with van der Waals surface area (Å²) in [4.78, 5) is 26.0. The molecule has 2 fully saturated rings. The van der Waals surface area contributed by atoms with Crippen molar-refractivity contribution < 1.29 is 19.0 Å². The third kappa shape index (κ3) is 7.22. The van der Waals surface area contributed by atoms with E-state index in [0.29, 0.717) is 59.0 Å². The number of methoxy groups -OCH3 is 3. The average molecular weight is 749 g/mol. The van der Waals surface area contributed by atoms with Gasteiger partial charge in [-0.2, -0.15) is 0 Å². The molecular formula is C37H43Cl2N9O4. The molecule has 2 aromatic heterocycles. The van der Waals surface area contributed by atoms with Gasteiger partial charge >= 0.3 is 0 Å². The van der Waals surface area contributed by atoms with Gasteiger partial charge in [-0.1, -0.05) is 41.4 Å². The second kappa shape index (κ2) is 15.6. The average Bonchev–Trinajstić information content (AvgIpc) is 3.90. The van der Waals surface area contributed by atoms with Gasteiger partial charge in [0.15, 0.2) is 11.5 Å². The van der Waals surface area contributed by atoms with Gasteiger partial charge < -0.3 is 33.5 Å². The van der Waals surface area contributed by atoms with E-state index in [0.717, 1.165) is 74.5 Å². The van der Waals surface area contributed by atoms with Crippen molar-refractivity contribution in [2.45, 2.75) is 37.8 Å². The minimum Gasteiger partial charge on any atom is -0.493 e. The predicted molar refractivity (Wildman–Crippen MR) is 200 cm³/mol. The van der Waals surface area contributed by atoms with E-state index in [1.165, 1.54) is 0 Å². The van der Waals surface area contributed by atoms with Crippen LogP contribution in [0.4, 0.5) is 5.95 Å². The summed E-state index contributed by atoms with van der Waals surface area (Å²) in [6.45, 7) is 6.98. The second-order valence-corrected chi connectivity index (χ2v) is 14.2. The molecule has 4 heterocycles. The summed E-state index contributed by atoms with van der Waals surface area (Å²) in [5, 5.41) is 12.7. The van der Waals surface area contributed by atoms with Gasteiger partial charge in [-0.15, -0.1) is 5.10 Å². The molecule has 274 valence electrons. The molecule has 7 rings (SSSR count). The Morgan fingerprint density at radius 2 is 1.67 bits per heavy atom. The lowest BCUT2D eigenvalue weighted by atomic mass is 9.76. The molecular weight excluding hydrogens is 705 g/mol. The Labute approximate surface area is 312 Å². The number of carbonyl (C=O) groups is 1. The molecule has 0 spiro atoms. The van der Waals surface area contributed by atoms with Gasteiger partial charge in [0.1, 0.15) is 6.33 Å². The van der Waals surface area contributed by atoms with Crippen LogP contribution in [0.1, 0.15) is 35.2 Å². The number of anilines is 1. The first-order valence-electron chi connectivity index (χ1n) is 17.5. The summed E-state index contributed by atoms with van der Waals surface area (Å²) >= 11 is 13.0. The Hall–Kier alpha value is -4.59. The number of likely N-dealkylation sites (tertiary alicyclic amines) is 1. The molecule has 15 heteroatoms. The molecule has 5 aromatic rings. The molecule has 13 nitrogen and oxygen atoms in total. The third-order valence-corrected chi connectivity index (χ3v) is 11.2. The number of aryl methyl sites for hydroxylation is 2. The molecule has 0 N–H and O–H groups in total. The second-order valence-electron chi connectivity index (χ2n) is 13.4. The number of imidazole rings is 1. The molecule has 2 aliphatic heterocycles. The van der Waals surface area contributed by atoms with Crippen molar-refractivity contribution in [2.24, 2.45) is 0 Å². The number of para-hydroxylation sites is 2. The van der Waals surface area contributed by atoms with E-state index in [4.69, 9.17) is 42.4 Å². The van der Waals surface area contributed by atoms with E-state index < -0.39 is 0 Å². The monoisotopic (exact) mass is 747 g/mol. The van der Waals surface area contributed by atoms with E-state index in [1.807, 2.05) is 23.1 Å². The van der Waals surface area contributed by atoms with Crippen molar-refractivity contribution in [3.05, 3.63) is 82.1 Å². The molecule has 0 saturated carbocycles. The quantitative estimate of drug-likeness (QED) is 0.163. The van der Waals surface area contributed by atoms with Crippen LogP contribution in [0.3, 0.4) is 0 Å². The summed E-state index contributed by atoms with van der Waals surface area (Å²) < 4.78 is 20.6. The number of nitrogens with zero attached hydrogens (tertiary/aromatic N) is 9. The highest BCUT2D eigenvalue weighted by molar-refractivity contribution is 6.42. The fraction of sp³-hybridized carbons (Fsp3) is 0.432. The number of hydrogen-bond donors (Lipinski definition) is 0. The van der Waals surface area contributed by atoms with Crippen LogP contribution < -0.4 is 19.1 Å². The highest BCUT2D eigenvalue weighted by Crippen LogP contribution is 2.42. The van der Waals surface area contributed by atoms with Gasteiger partial charge in [0.05, 0.1) is 49.0 Å². The van der Waals surface area contributed by atoms with E-state index >= 15 is 0 Å². The molecule has 1 amide bonds. The van der Waals surface area contributed by atoms with Crippen molar-refractivity contribution in [3.63, 3.8) is 0 Å². The number of fused-ring (bicyclic) bond motifs is 1. The van der Waals surface area contributed by atoms with E-state index in [9.17, 15) is 4.79 Å². The van der Waals surface area contributed by atoms with Gasteiger partial charge in [0, 0.05) is 50.2 Å². The minimum absolute atomic E-state index is 0.0884. The Kier molecular flexibility index (Phi) is 10.7. The summed E-state index contributed by atoms with van der Waals surface area (Å²) in [5.74, 6) is 2.22. The standard InChI is InChI=1S/C37H43Cl2N9O4/c1-50-32-21-26(22-33(51-2)34(32)52-3)35(49)46-16-12-37(24-46,27-9-10-28(38)29(39)23-27)11-15-44-13-6-14-45(18-17-44)36-41-30-7-4-5-8-31(30)48(36)20-19-47-25-40-42-43-47/h4-5,7-10,21-23,25H,6,11-20,24H2,1-3H3. The zero-order valence-corrected chi connectivity index (χ0v) is 31.2. The lowest BCUT2D eigenvalue weighted by Crippen LogP contribution is -2.39. The number of rotatable bonds is 12. The van der Waals surface area contributed by atoms with Crippen LogP contribution in [0, 0.1) is 0 Å². The fourth-order valence-electron chi connectivity index (χ4n) is 7.62. The first kappa shape index (κ1) is 35.8. The van der Waals surface area contributed by atoms with Crippen molar-refractivity contribution >= 4 is 46.1 Å². The predicted octanol–water partition coefficient (Wildman–Crippen LogP) is 5.44. The number of aromatic nitrogens is 6. The van der Waals surface area contributed by atoms with Crippen LogP contribution in [-0.2, 0) is 18.5 Å². The van der Waals surface area contributed by atoms with Crippen molar-refractivity contribution in [1.29, 1.82) is 0 Å². The third-order valence-electron chi connectivity index (χ3n) is 10.4. The van der Waals surface area contributed by atoms with Gasteiger partial charge in [0.25, 0.3) is 5.91 Å². The van der Waals surface area contributed by atoms with Gasteiger partial charge in [-0.3, -0.25) is 4.79 Å². The van der Waals surface area contributed by atoms with E-state index in [2.05, 4.69) is 54.2 Å². The smallest absolute Gasteiger partial charge is 0.254 e. The zero-order valence-electron chi connectivity index (χ0n) is 29.7. The summed E-state index contributed by atoms with van der Waals surface area (Å²) in [5.41, 5.74) is 3.35. The SMILES string of the molecule is COc1cc(C(=O)N2CCC(CCN3CCCN(c4nc5ccccc5n4CCn4cnnn4)CC3)(c3ccc(Cl)c(Cl)c3)C2)cc(OC)c1OC. The maximum atomic E-state index is 14.0. The van der Waals surface area contributed by atoms with Crippen LogP contribution in [-0.4, -0.2) is 113 Å². The maximum absolute atomic E-state index is 14.0. The highest BCUT2D eigenvalue weighted by Gasteiger charge is 2.42. The molecule has 0 radical (unpaired) electrons. The molecule has 0 aliphatic carbocycles. The Morgan fingerprint density at radius 1 is 0.865 bits per heavy atom. The number of hydrogen-bond acceptors (Lipinski definition) is 10. The van der Waals surface area contributed by atoms with Crippen molar-refractivity contribution in [2.75, 3.05) is 72.0 Å². The number of ether oxygens (including phenoxy) is 3. The molecule has 0 bridgehead atoms. The fourth-order valence-corrected chi connectivity index (χ4v) is 7.92. The summed E-state index contributed by atoms with van der Waals surface area (Å²) in [6.07, 6.45) is 4.29. The van der Waals surface area contributed by atoms with E-state index in [-0.39, 0.29) is 11.3 Å². The molecule has 2 saturated heterocycles. The lowest BCUT2D eigenvalue weighted by molar-refractivity contribution is 0.0780. The van der Waals surface area contributed by atoms with Gasteiger partial charge in [-0.25, -0.2) is 9.67 Å². The van der Waals surface area contributed by atoms with E-state index in [1.54, 1.807) is 44.5 Å². The summed E-state index contributed by atoms with van der Waals surface area (Å²) in [6, 6.07) is 17.6. The molecule has 1 unspecified atom stereocenters. The first-order valence-corrected chi connectivity index (χ1v) is 18.3. The first-order chi connectivity index (χ1) is 25.3. The maximum Gasteiger partial charge on any atom is 0.254 e. The highest BCUT2D eigenvalue weighted by atomic mass is 35.5. The van der Waals surface area contributed by atoms with Crippen LogP contribution in [0.2, 0.25) is 10.0 Å². The van der Waals surface area contributed by atoms with Crippen LogP contribution in [0.5, 0.6) is 17.2 Å². The van der Waals surface area contributed by atoms with Crippen LogP contribution >= 0.6 is 23.2 Å². The molecule has 2 aliphatic rings. The number of halogens is 2. The zero-order chi connectivity index (χ0) is 36.2.